The summed E-state index contributed by atoms with van der Waals surface area (Å²) in [5.41, 5.74) is 1.71. The number of hydrogen-bond donors (Lipinski definition) is 0. The van der Waals surface area contributed by atoms with Crippen LogP contribution in [-0.2, 0) is 0 Å². The number of carbonyl (C=O) groups excluding carboxylic acids is 1. The maximum Gasteiger partial charge on any atom is 0.166 e. The Hall–Kier alpha value is -0.830. The molecule has 0 unspecified atom stereocenters. The van der Waals surface area contributed by atoms with Crippen LogP contribution in [0.1, 0.15) is 29.3 Å². The van der Waals surface area contributed by atoms with Gasteiger partial charge in [-0.2, -0.15) is 0 Å². The van der Waals surface area contributed by atoms with E-state index in [4.69, 9.17) is 4.74 Å². The molecule has 0 saturated carbocycles. The first-order valence-electron chi connectivity index (χ1n) is 4.47. The predicted octanol–water partition coefficient (Wildman–Crippen LogP) is 3.36. The average molecular weight is 257 g/mol. The Labute approximate surface area is 92.4 Å². The molecule has 0 N–H and O–H groups in total. The average Bonchev–Trinajstić information content (AvgIpc) is 2.20. The number of methoxy groups -OCH3 is 1. The highest BCUT2D eigenvalue weighted by atomic mass is 79.9. The third kappa shape index (κ3) is 2.15. The van der Waals surface area contributed by atoms with Crippen LogP contribution in [0.2, 0.25) is 0 Å². The third-order valence-corrected chi connectivity index (χ3v) is 2.96. The molecule has 0 bridgehead atoms. The van der Waals surface area contributed by atoms with Crippen LogP contribution in [0, 0.1) is 6.92 Å². The number of rotatable bonds is 3. The molecule has 1 aromatic rings. The van der Waals surface area contributed by atoms with Gasteiger partial charge in [0.25, 0.3) is 0 Å². The van der Waals surface area contributed by atoms with E-state index in [1.165, 1.54) is 0 Å². The number of carbonyl (C=O) groups is 1. The molecule has 1 rings (SSSR count). The van der Waals surface area contributed by atoms with Crippen molar-refractivity contribution < 1.29 is 9.53 Å². The first-order chi connectivity index (χ1) is 6.60. The van der Waals surface area contributed by atoms with Gasteiger partial charge in [-0.3, -0.25) is 4.79 Å². The minimum atomic E-state index is 0.0996. The highest BCUT2D eigenvalue weighted by Crippen LogP contribution is 2.27. The summed E-state index contributed by atoms with van der Waals surface area (Å²) < 4.78 is 6.10. The van der Waals surface area contributed by atoms with Crippen molar-refractivity contribution in [1.29, 1.82) is 0 Å². The molecule has 2 nitrogen and oxygen atoms in total. The van der Waals surface area contributed by atoms with Crippen LogP contribution >= 0.6 is 15.9 Å². The standard InChI is InChI=1S/C11H13BrO2/c1-4-10(13)8-6-9(12)7(2)5-11(8)14-3/h5-6H,4H2,1-3H3. The van der Waals surface area contributed by atoms with Gasteiger partial charge >= 0.3 is 0 Å². The van der Waals surface area contributed by atoms with Gasteiger partial charge in [0.2, 0.25) is 0 Å². The van der Waals surface area contributed by atoms with Crippen LogP contribution in [-0.4, -0.2) is 12.9 Å². The smallest absolute Gasteiger partial charge is 0.166 e. The molecule has 0 aliphatic heterocycles. The van der Waals surface area contributed by atoms with E-state index in [2.05, 4.69) is 15.9 Å². The SMILES string of the molecule is CCC(=O)c1cc(Br)c(C)cc1OC. The van der Waals surface area contributed by atoms with Gasteiger partial charge < -0.3 is 4.74 Å². The molecule has 0 saturated heterocycles. The topological polar surface area (TPSA) is 26.3 Å². The predicted molar refractivity (Wildman–Crippen MR) is 60.1 cm³/mol. The molecule has 0 heterocycles. The lowest BCUT2D eigenvalue weighted by atomic mass is 10.1. The molecular weight excluding hydrogens is 244 g/mol. The summed E-state index contributed by atoms with van der Waals surface area (Å²) >= 11 is 3.40. The minimum Gasteiger partial charge on any atom is -0.496 e. The first kappa shape index (κ1) is 11.2. The Morgan fingerprint density at radius 1 is 1.50 bits per heavy atom. The minimum absolute atomic E-state index is 0.0996. The highest BCUT2D eigenvalue weighted by Gasteiger charge is 2.12. The molecule has 3 heteroatoms. The normalized spacial score (nSPS) is 10.0. The molecule has 0 aromatic heterocycles. The molecule has 0 atom stereocenters. The molecule has 0 aliphatic carbocycles. The maximum absolute atomic E-state index is 11.6. The van der Waals surface area contributed by atoms with E-state index in [-0.39, 0.29) is 5.78 Å². The summed E-state index contributed by atoms with van der Waals surface area (Å²) in [6, 6.07) is 3.69. The Morgan fingerprint density at radius 2 is 2.14 bits per heavy atom. The first-order valence-corrected chi connectivity index (χ1v) is 5.26. The summed E-state index contributed by atoms with van der Waals surface area (Å²) in [5.74, 6) is 0.750. The van der Waals surface area contributed by atoms with E-state index in [9.17, 15) is 4.79 Å². The summed E-state index contributed by atoms with van der Waals surface area (Å²) in [6.45, 7) is 3.81. The summed E-state index contributed by atoms with van der Waals surface area (Å²) in [6.07, 6.45) is 0.492. The Bertz CT molecular complexity index is 359. The van der Waals surface area contributed by atoms with Gasteiger partial charge in [0.15, 0.2) is 5.78 Å². The van der Waals surface area contributed by atoms with Crippen LogP contribution in [0.15, 0.2) is 16.6 Å². The lowest BCUT2D eigenvalue weighted by molar-refractivity contribution is 0.0985. The molecule has 0 radical (unpaired) electrons. The molecule has 0 fully saturated rings. The molecule has 0 spiro atoms. The van der Waals surface area contributed by atoms with Crippen molar-refractivity contribution >= 4 is 21.7 Å². The van der Waals surface area contributed by atoms with Crippen molar-refractivity contribution in [1.82, 2.24) is 0 Å². The molecular formula is C11H13BrO2. The van der Waals surface area contributed by atoms with Crippen molar-refractivity contribution in [2.45, 2.75) is 20.3 Å². The highest BCUT2D eigenvalue weighted by molar-refractivity contribution is 9.10. The van der Waals surface area contributed by atoms with E-state index in [1.54, 1.807) is 7.11 Å². The fourth-order valence-corrected chi connectivity index (χ4v) is 1.58. The lowest BCUT2D eigenvalue weighted by Gasteiger charge is -2.09. The lowest BCUT2D eigenvalue weighted by Crippen LogP contribution is -2.01. The van der Waals surface area contributed by atoms with Gasteiger partial charge in [-0.1, -0.05) is 22.9 Å². The maximum atomic E-state index is 11.6. The van der Waals surface area contributed by atoms with Gasteiger partial charge in [0.1, 0.15) is 5.75 Å². The molecule has 0 amide bonds. The fraction of sp³-hybridized carbons (Fsp3) is 0.364. The van der Waals surface area contributed by atoms with Gasteiger partial charge in [-0.05, 0) is 24.6 Å². The number of ether oxygens (including phenoxy) is 1. The van der Waals surface area contributed by atoms with E-state index < -0.39 is 0 Å². The molecule has 1 aromatic carbocycles. The van der Waals surface area contributed by atoms with E-state index in [0.29, 0.717) is 17.7 Å². The molecule has 14 heavy (non-hydrogen) atoms. The van der Waals surface area contributed by atoms with Crippen molar-refractivity contribution in [2.24, 2.45) is 0 Å². The van der Waals surface area contributed by atoms with E-state index in [0.717, 1.165) is 10.0 Å². The quantitative estimate of drug-likeness (QED) is 0.776. The van der Waals surface area contributed by atoms with Crippen LogP contribution < -0.4 is 4.74 Å². The zero-order valence-corrected chi connectivity index (χ0v) is 10.1. The Morgan fingerprint density at radius 3 is 2.64 bits per heavy atom. The van der Waals surface area contributed by atoms with E-state index >= 15 is 0 Å². The largest absolute Gasteiger partial charge is 0.496 e. The summed E-state index contributed by atoms with van der Waals surface area (Å²) in [7, 11) is 1.58. The Balaban J connectivity index is 3.27. The zero-order valence-electron chi connectivity index (χ0n) is 8.56. The molecule has 76 valence electrons. The number of benzene rings is 1. The van der Waals surface area contributed by atoms with Crippen LogP contribution in [0.25, 0.3) is 0 Å². The van der Waals surface area contributed by atoms with Crippen LogP contribution in [0.4, 0.5) is 0 Å². The number of ketones is 1. The van der Waals surface area contributed by atoms with Crippen molar-refractivity contribution in [3.63, 3.8) is 0 Å². The van der Waals surface area contributed by atoms with Gasteiger partial charge in [-0.15, -0.1) is 0 Å². The number of hydrogen-bond acceptors (Lipinski definition) is 2. The van der Waals surface area contributed by atoms with Gasteiger partial charge in [0, 0.05) is 10.9 Å². The summed E-state index contributed by atoms with van der Waals surface area (Å²) in [4.78, 5) is 11.6. The summed E-state index contributed by atoms with van der Waals surface area (Å²) in [5, 5.41) is 0. The second-order valence-electron chi connectivity index (χ2n) is 3.08. The second kappa shape index (κ2) is 4.60. The second-order valence-corrected chi connectivity index (χ2v) is 3.93. The van der Waals surface area contributed by atoms with Gasteiger partial charge in [0.05, 0.1) is 12.7 Å². The van der Waals surface area contributed by atoms with E-state index in [1.807, 2.05) is 26.0 Å². The third-order valence-electron chi connectivity index (χ3n) is 2.10. The number of halogens is 1. The fourth-order valence-electron chi connectivity index (χ4n) is 1.23. The number of aryl methyl sites for hydroxylation is 1. The zero-order chi connectivity index (χ0) is 10.7. The van der Waals surface area contributed by atoms with Crippen molar-refractivity contribution in [3.8, 4) is 5.75 Å². The Kier molecular flexibility index (Phi) is 3.69. The van der Waals surface area contributed by atoms with Gasteiger partial charge in [-0.25, -0.2) is 0 Å². The van der Waals surface area contributed by atoms with Crippen LogP contribution in [0.3, 0.4) is 0 Å². The van der Waals surface area contributed by atoms with Crippen molar-refractivity contribution in [3.05, 3.63) is 27.7 Å². The molecule has 0 aliphatic rings. The monoisotopic (exact) mass is 256 g/mol. The van der Waals surface area contributed by atoms with Crippen LogP contribution in [0.5, 0.6) is 5.75 Å². The number of Topliss-reactive ketones (excluding diaryl/α,β-unsaturated/α-hetero) is 1. The van der Waals surface area contributed by atoms with Crippen molar-refractivity contribution in [2.75, 3.05) is 7.11 Å².